The largest absolute Gasteiger partial charge is 0.493 e. The molecule has 0 fully saturated rings. The van der Waals surface area contributed by atoms with Crippen molar-refractivity contribution in [3.8, 4) is 23.0 Å². The molecule has 37 heavy (non-hydrogen) atoms. The molecule has 11 heteroatoms. The Morgan fingerprint density at radius 1 is 0.838 bits per heavy atom. The Morgan fingerprint density at radius 2 is 1.41 bits per heavy atom. The van der Waals surface area contributed by atoms with Gasteiger partial charge in [0.1, 0.15) is 6.04 Å². The van der Waals surface area contributed by atoms with E-state index in [9.17, 15) is 4.79 Å². The Kier molecular flexibility index (Phi) is 11.0. The van der Waals surface area contributed by atoms with Gasteiger partial charge in [0, 0.05) is 18.4 Å². The third-order valence-electron chi connectivity index (χ3n) is 6.18. The number of quaternary nitrogens is 1. The van der Waals surface area contributed by atoms with Crippen molar-refractivity contribution in [3.63, 3.8) is 0 Å². The fourth-order valence-electron chi connectivity index (χ4n) is 4.33. The number of carboxylic acid groups (broad SMARTS) is 2. The first-order valence-electron chi connectivity index (χ1n) is 11.5. The van der Waals surface area contributed by atoms with Crippen LogP contribution in [0.25, 0.3) is 0 Å². The summed E-state index contributed by atoms with van der Waals surface area (Å²) in [5, 5.41) is 14.8. The van der Waals surface area contributed by atoms with Gasteiger partial charge < -0.3 is 38.8 Å². The number of hydrogen-bond donors (Lipinski definition) is 3. The van der Waals surface area contributed by atoms with Gasteiger partial charge in [0.15, 0.2) is 23.0 Å². The summed E-state index contributed by atoms with van der Waals surface area (Å²) in [7, 11) is 8.01. The predicted octanol–water partition coefficient (Wildman–Crippen LogP) is 1.16. The van der Waals surface area contributed by atoms with Crippen LogP contribution < -0.4 is 23.8 Å². The van der Waals surface area contributed by atoms with E-state index in [4.69, 9.17) is 43.5 Å². The number of rotatable bonds is 9. The van der Waals surface area contributed by atoms with E-state index in [2.05, 4.69) is 18.2 Å². The van der Waals surface area contributed by atoms with Gasteiger partial charge in [-0.15, -0.1) is 0 Å². The summed E-state index contributed by atoms with van der Waals surface area (Å²) >= 11 is 0. The quantitative estimate of drug-likeness (QED) is 0.326. The molecule has 0 aliphatic carbocycles. The van der Waals surface area contributed by atoms with Gasteiger partial charge in [0.25, 0.3) is 0 Å². The highest BCUT2D eigenvalue weighted by atomic mass is 16.5. The SMILES string of the molecule is COC(=O)CC[NH+]1CCc2cc(OC)c(OC)cc2[C@H]1Cc1ccc(OC)c(OC)c1.O=C(O)C(=O)O. The van der Waals surface area contributed by atoms with Crippen LogP contribution in [-0.2, 0) is 32.0 Å². The van der Waals surface area contributed by atoms with Gasteiger partial charge in [-0.2, -0.15) is 0 Å². The van der Waals surface area contributed by atoms with E-state index in [1.165, 1.54) is 23.1 Å². The number of benzene rings is 2. The number of carbonyl (C=O) groups excluding carboxylic acids is 1. The molecule has 2 aromatic rings. The van der Waals surface area contributed by atoms with Gasteiger partial charge in [-0.05, 0) is 35.4 Å². The third-order valence-corrected chi connectivity index (χ3v) is 6.18. The molecule has 3 N–H and O–H groups in total. The highest BCUT2D eigenvalue weighted by Crippen LogP contribution is 2.36. The summed E-state index contributed by atoms with van der Waals surface area (Å²) in [4.78, 5) is 31.3. The van der Waals surface area contributed by atoms with Crippen LogP contribution in [-0.4, -0.2) is 76.8 Å². The molecular weight excluding hydrogens is 486 g/mol. The molecule has 202 valence electrons. The first kappa shape index (κ1) is 29.2. The van der Waals surface area contributed by atoms with Gasteiger partial charge in [-0.3, -0.25) is 4.79 Å². The normalized spacial score (nSPS) is 15.8. The Bertz CT molecular complexity index is 1090. The third kappa shape index (κ3) is 7.74. The van der Waals surface area contributed by atoms with E-state index in [0.29, 0.717) is 30.2 Å². The minimum atomic E-state index is -1.82. The van der Waals surface area contributed by atoms with Crippen LogP contribution in [0.5, 0.6) is 23.0 Å². The number of fused-ring (bicyclic) bond motifs is 1. The number of nitrogens with one attached hydrogen (secondary N) is 1. The summed E-state index contributed by atoms with van der Waals surface area (Å²) in [6.07, 6.45) is 2.09. The lowest BCUT2D eigenvalue weighted by molar-refractivity contribution is -0.933. The molecule has 0 bridgehead atoms. The fraction of sp³-hybridized carbons (Fsp3) is 0.423. The second-order valence-electron chi connectivity index (χ2n) is 8.20. The molecule has 0 spiro atoms. The van der Waals surface area contributed by atoms with Gasteiger partial charge in [0.2, 0.25) is 0 Å². The molecule has 0 saturated carbocycles. The van der Waals surface area contributed by atoms with Crippen molar-refractivity contribution in [2.75, 3.05) is 48.6 Å². The molecule has 2 aromatic carbocycles. The Labute approximate surface area is 215 Å². The van der Waals surface area contributed by atoms with E-state index in [1.807, 2.05) is 12.1 Å². The molecule has 1 unspecified atom stereocenters. The maximum absolute atomic E-state index is 11.8. The number of hydrogen-bond acceptors (Lipinski definition) is 8. The lowest BCUT2D eigenvalue weighted by atomic mass is 9.88. The predicted molar refractivity (Wildman–Crippen MR) is 132 cm³/mol. The Balaban J connectivity index is 0.000000717. The maximum atomic E-state index is 11.8. The van der Waals surface area contributed by atoms with Gasteiger partial charge in [0.05, 0.1) is 55.1 Å². The topological polar surface area (TPSA) is 142 Å². The molecule has 1 aliphatic rings. The van der Waals surface area contributed by atoms with Gasteiger partial charge in [-0.1, -0.05) is 6.07 Å². The number of esters is 1. The molecule has 11 nitrogen and oxygen atoms in total. The number of carbonyl (C=O) groups is 3. The van der Waals surface area contributed by atoms with Crippen molar-refractivity contribution in [2.45, 2.75) is 25.3 Å². The van der Waals surface area contributed by atoms with Crippen LogP contribution in [0, 0.1) is 0 Å². The zero-order valence-corrected chi connectivity index (χ0v) is 21.7. The van der Waals surface area contributed by atoms with Crippen LogP contribution in [0.1, 0.15) is 29.2 Å². The summed E-state index contributed by atoms with van der Waals surface area (Å²) in [6, 6.07) is 10.3. The molecule has 0 aromatic heterocycles. The van der Waals surface area contributed by atoms with Crippen molar-refractivity contribution in [1.82, 2.24) is 0 Å². The zero-order chi connectivity index (χ0) is 27.5. The Hall–Kier alpha value is -3.99. The average Bonchev–Trinajstić information content (AvgIpc) is 2.91. The molecular formula is C26H34NO10+. The molecule has 3 rings (SSSR count). The van der Waals surface area contributed by atoms with E-state index in [-0.39, 0.29) is 12.0 Å². The van der Waals surface area contributed by atoms with E-state index < -0.39 is 11.9 Å². The Morgan fingerprint density at radius 3 is 1.95 bits per heavy atom. The smallest absolute Gasteiger partial charge is 0.414 e. The first-order chi connectivity index (χ1) is 17.7. The van der Waals surface area contributed by atoms with Crippen LogP contribution in [0.4, 0.5) is 0 Å². The van der Waals surface area contributed by atoms with Crippen molar-refractivity contribution in [3.05, 3.63) is 47.0 Å². The van der Waals surface area contributed by atoms with Crippen LogP contribution >= 0.6 is 0 Å². The molecule has 0 saturated heterocycles. The average molecular weight is 521 g/mol. The second-order valence-corrected chi connectivity index (χ2v) is 8.20. The fourth-order valence-corrected chi connectivity index (χ4v) is 4.33. The van der Waals surface area contributed by atoms with Crippen molar-refractivity contribution in [1.29, 1.82) is 0 Å². The molecule has 1 aliphatic heterocycles. The van der Waals surface area contributed by atoms with Crippen LogP contribution in [0.2, 0.25) is 0 Å². The number of methoxy groups -OCH3 is 5. The van der Waals surface area contributed by atoms with Crippen molar-refractivity contribution < 1.29 is 53.2 Å². The summed E-state index contributed by atoms with van der Waals surface area (Å²) in [5.41, 5.74) is 3.62. The molecule has 1 heterocycles. The van der Waals surface area contributed by atoms with Crippen molar-refractivity contribution >= 4 is 17.9 Å². The minimum Gasteiger partial charge on any atom is -0.493 e. The van der Waals surface area contributed by atoms with Crippen molar-refractivity contribution in [2.24, 2.45) is 0 Å². The van der Waals surface area contributed by atoms with Gasteiger partial charge >= 0.3 is 17.9 Å². The summed E-state index contributed by atoms with van der Waals surface area (Å²) in [6.45, 7) is 1.63. The molecule has 0 amide bonds. The standard InChI is InChI=1S/C24H31NO6.C2H2O4/c1-27-20-7-6-16(13-21(20)28-2)12-19-18-15-23(30-4)22(29-3)14-17(18)8-10-25(19)11-9-24(26)31-5;3-1(4)2(5)6/h6-7,13-15,19H,8-12H2,1-5H3;(H,3,4)(H,5,6)/p+1/t19-;/m1./s1. The van der Waals surface area contributed by atoms with Gasteiger partial charge in [-0.25, -0.2) is 9.59 Å². The second kappa shape index (κ2) is 13.9. The zero-order valence-electron chi connectivity index (χ0n) is 21.7. The first-order valence-corrected chi connectivity index (χ1v) is 11.5. The number of aliphatic carboxylic acids is 2. The number of ether oxygens (including phenoxy) is 5. The summed E-state index contributed by atoms with van der Waals surface area (Å²) < 4.78 is 26.8. The highest BCUT2D eigenvalue weighted by Gasteiger charge is 2.33. The molecule has 2 atom stereocenters. The highest BCUT2D eigenvalue weighted by molar-refractivity contribution is 6.27. The van der Waals surface area contributed by atoms with E-state index in [0.717, 1.165) is 30.7 Å². The maximum Gasteiger partial charge on any atom is 0.414 e. The number of carboxylic acids is 2. The van der Waals surface area contributed by atoms with E-state index in [1.54, 1.807) is 28.4 Å². The lowest BCUT2D eigenvalue weighted by Crippen LogP contribution is -3.13. The summed E-state index contributed by atoms with van der Waals surface area (Å²) in [5.74, 6) is -0.964. The minimum absolute atomic E-state index is 0.159. The van der Waals surface area contributed by atoms with Crippen LogP contribution in [0.3, 0.4) is 0 Å². The lowest BCUT2D eigenvalue weighted by Gasteiger charge is -2.35. The molecule has 0 radical (unpaired) electrons. The van der Waals surface area contributed by atoms with Crippen LogP contribution in [0.15, 0.2) is 30.3 Å². The monoisotopic (exact) mass is 520 g/mol. The van der Waals surface area contributed by atoms with E-state index >= 15 is 0 Å².